The largest absolute Gasteiger partial charge is 0.382 e. The second-order valence-electron chi connectivity index (χ2n) is 3.00. The summed E-state index contributed by atoms with van der Waals surface area (Å²) in [4.78, 5) is 0. The number of nitrogens with two attached hydrogens (primary N) is 1. The van der Waals surface area contributed by atoms with Crippen molar-refractivity contribution >= 4 is 0 Å². The van der Waals surface area contributed by atoms with E-state index in [1.165, 1.54) is 5.56 Å². The van der Waals surface area contributed by atoms with Crippen molar-refractivity contribution in [2.75, 3.05) is 13.2 Å². The summed E-state index contributed by atoms with van der Waals surface area (Å²) < 4.78 is 5.25. The van der Waals surface area contributed by atoms with E-state index in [1.54, 1.807) is 0 Å². The molecule has 0 saturated carbocycles. The molecular weight excluding hydrogens is 162 g/mol. The van der Waals surface area contributed by atoms with Crippen molar-refractivity contribution in [1.29, 1.82) is 0 Å². The number of benzene rings is 1. The molecule has 2 heteroatoms. The fourth-order valence-electron chi connectivity index (χ4n) is 1.22. The highest BCUT2D eigenvalue weighted by molar-refractivity contribution is 5.18. The van der Waals surface area contributed by atoms with Crippen molar-refractivity contribution in [3.63, 3.8) is 0 Å². The average Bonchev–Trinajstić information content (AvgIpc) is 2.19. The summed E-state index contributed by atoms with van der Waals surface area (Å²) in [5, 5.41) is 0. The predicted octanol–water partition coefficient (Wildman–Crippen LogP) is 2.11. The lowest BCUT2D eigenvalue weighted by Gasteiger charge is -2.11. The van der Waals surface area contributed by atoms with E-state index in [1.807, 2.05) is 25.1 Å². The molecule has 1 atom stereocenters. The van der Waals surface area contributed by atoms with Gasteiger partial charge in [0.15, 0.2) is 0 Å². The Balaban J connectivity index is 2.35. The van der Waals surface area contributed by atoms with E-state index >= 15 is 0 Å². The maximum Gasteiger partial charge on any atom is 0.0483 e. The van der Waals surface area contributed by atoms with Crippen LogP contribution in [0.2, 0.25) is 0 Å². The zero-order valence-corrected chi connectivity index (χ0v) is 8.07. The molecule has 1 rings (SSSR count). The third-order valence-corrected chi connectivity index (χ3v) is 2.01. The lowest BCUT2D eigenvalue weighted by atomic mass is 10.1. The van der Waals surface area contributed by atoms with Gasteiger partial charge in [-0.25, -0.2) is 0 Å². The predicted molar refractivity (Wildman–Crippen MR) is 54.5 cm³/mol. The van der Waals surface area contributed by atoms with Crippen LogP contribution in [0.15, 0.2) is 30.3 Å². The summed E-state index contributed by atoms with van der Waals surface area (Å²) in [7, 11) is 0. The molecule has 1 aromatic rings. The highest BCUT2D eigenvalue weighted by Gasteiger charge is 2.03. The van der Waals surface area contributed by atoms with Gasteiger partial charge in [0.25, 0.3) is 0 Å². The van der Waals surface area contributed by atoms with Crippen molar-refractivity contribution in [1.82, 2.24) is 0 Å². The Morgan fingerprint density at radius 1 is 1.31 bits per heavy atom. The first kappa shape index (κ1) is 10.2. The summed E-state index contributed by atoms with van der Waals surface area (Å²) >= 11 is 0. The Bertz CT molecular complexity index is 223. The van der Waals surface area contributed by atoms with E-state index in [0.717, 1.165) is 19.6 Å². The van der Waals surface area contributed by atoms with Crippen LogP contribution in [0.1, 0.15) is 24.9 Å². The Kier molecular flexibility index (Phi) is 4.50. The van der Waals surface area contributed by atoms with Crippen molar-refractivity contribution in [3.05, 3.63) is 35.9 Å². The van der Waals surface area contributed by atoms with Crippen LogP contribution in [0, 0.1) is 0 Å². The molecule has 72 valence electrons. The standard InChI is InChI=1S/C11H17NO/c1-2-13-9-8-11(12)10-6-4-3-5-7-10/h3-7,11H,2,8-9,12H2,1H3/t11-/m1/s1. The Morgan fingerprint density at radius 2 is 2.00 bits per heavy atom. The minimum atomic E-state index is 0.104. The van der Waals surface area contributed by atoms with Gasteiger partial charge in [-0.3, -0.25) is 0 Å². The van der Waals surface area contributed by atoms with E-state index < -0.39 is 0 Å². The summed E-state index contributed by atoms with van der Waals surface area (Å²) in [6, 6.07) is 10.2. The van der Waals surface area contributed by atoms with E-state index in [4.69, 9.17) is 10.5 Å². The van der Waals surface area contributed by atoms with Gasteiger partial charge >= 0.3 is 0 Å². The van der Waals surface area contributed by atoms with Gasteiger partial charge in [-0.05, 0) is 18.9 Å². The molecule has 0 aromatic heterocycles. The maximum atomic E-state index is 5.96. The van der Waals surface area contributed by atoms with Crippen molar-refractivity contribution < 1.29 is 4.74 Å². The molecule has 0 heterocycles. The third-order valence-electron chi connectivity index (χ3n) is 2.01. The number of ether oxygens (including phenoxy) is 1. The third kappa shape index (κ3) is 3.57. The molecule has 0 unspecified atom stereocenters. The number of hydrogen-bond donors (Lipinski definition) is 1. The fraction of sp³-hybridized carbons (Fsp3) is 0.455. The zero-order chi connectivity index (χ0) is 9.52. The molecule has 0 amide bonds. The highest BCUT2D eigenvalue weighted by atomic mass is 16.5. The molecule has 2 N–H and O–H groups in total. The number of hydrogen-bond acceptors (Lipinski definition) is 2. The quantitative estimate of drug-likeness (QED) is 0.703. The van der Waals surface area contributed by atoms with E-state index in [2.05, 4.69) is 12.1 Å². The summed E-state index contributed by atoms with van der Waals surface area (Å²) in [5.41, 5.74) is 7.14. The lowest BCUT2D eigenvalue weighted by molar-refractivity contribution is 0.140. The van der Waals surface area contributed by atoms with Crippen LogP contribution in [0.4, 0.5) is 0 Å². The normalized spacial score (nSPS) is 12.8. The molecule has 0 aliphatic heterocycles. The van der Waals surface area contributed by atoms with Gasteiger partial charge in [-0.2, -0.15) is 0 Å². The van der Waals surface area contributed by atoms with Crippen LogP contribution in [0.3, 0.4) is 0 Å². The minimum absolute atomic E-state index is 0.104. The molecular formula is C11H17NO. The molecule has 13 heavy (non-hydrogen) atoms. The molecule has 1 aromatic carbocycles. The zero-order valence-electron chi connectivity index (χ0n) is 8.07. The molecule has 0 saturated heterocycles. The molecule has 0 radical (unpaired) electrons. The highest BCUT2D eigenvalue weighted by Crippen LogP contribution is 2.12. The van der Waals surface area contributed by atoms with Crippen LogP contribution < -0.4 is 5.73 Å². The van der Waals surface area contributed by atoms with Crippen molar-refractivity contribution in [3.8, 4) is 0 Å². The van der Waals surface area contributed by atoms with Gasteiger partial charge < -0.3 is 10.5 Å². The Morgan fingerprint density at radius 3 is 2.62 bits per heavy atom. The molecule has 2 nitrogen and oxygen atoms in total. The van der Waals surface area contributed by atoms with Crippen LogP contribution >= 0.6 is 0 Å². The minimum Gasteiger partial charge on any atom is -0.382 e. The van der Waals surface area contributed by atoms with Crippen LogP contribution in [0.5, 0.6) is 0 Å². The Labute approximate surface area is 79.7 Å². The maximum absolute atomic E-state index is 5.96. The van der Waals surface area contributed by atoms with E-state index in [-0.39, 0.29) is 6.04 Å². The second-order valence-corrected chi connectivity index (χ2v) is 3.00. The SMILES string of the molecule is CCOCC[C@@H](N)c1ccccc1. The van der Waals surface area contributed by atoms with Crippen molar-refractivity contribution in [2.24, 2.45) is 5.73 Å². The van der Waals surface area contributed by atoms with Gasteiger partial charge in [-0.15, -0.1) is 0 Å². The van der Waals surface area contributed by atoms with Gasteiger partial charge in [0.2, 0.25) is 0 Å². The number of rotatable bonds is 5. The van der Waals surface area contributed by atoms with Crippen LogP contribution in [-0.4, -0.2) is 13.2 Å². The summed E-state index contributed by atoms with van der Waals surface area (Å²) in [5.74, 6) is 0. The molecule has 0 aliphatic rings. The molecule has 0 spiro atoms. The smallest absolute Gasteiger partial charge is 0.0483 e. The van der Waals surface area contributed by atoms with Gasteiger partial charge in [0.1, 0.15) is 0 Å². The molecule has 0 aliphatic carbocycles. The molecule has 0 bridgehead atoms. The topological polar surface area (TPSA) is 35.2 Å². The first-order valence-electron chi connectivity index (χ1n) is 4.73. The van der Waals surface area contributed by atoms with Gasteiger partial charge in [0, 0.05) is 19.3 Å². The monoisotopic (exact) mass is 179 g/mol. The lowest BCUT2D eigenvalue weighted by Crippen LogP contribution is -2.12. The van der Waals surface area contributed by atoms with Crippen LogP contribution in [0.25, 0.3) is 0 Å². The first-order chi connectivity index (χ1) is 6.34. The first-order valence-corrected chi connectivity index (χ1v) is 4.73. The Hall–Kier alpha value is -0.860. The summed E-state index contributed by atoms with van der Waals surface area (Å²) in [6.07, 6.45) is 0.887. The van der Waals surface area contributed by atoms with Crippen LogP contribution in [-0.2, 0) is 4.74 Å². The summed E-state index contributed by atoms with van der Waals surface area (Å²) in [6.45, 7) is 3.50. The average molecular weight is 179 g/mol. The second kappa shape index (κ2) is 5.73. The van der Waals surface area contributed by atoms with Crippen molar-refractivity contribution in [2.45, 2.75) is 19.4 Å². The molecule has 0 fully saturated rings. The van der Waals surface area contributed by atoms with E-state index in [9.17, 15) is 0 Å². The fourth-order valence-corrected chi connectivity index (χ4v) is 1.22. The van der Waals surface area contributed by atoms with Gasteiger partial charge in [-0.1, -0.05) is 30.3 Å². The van der Waals surface area contributed by atoms with Gasteiger partial charge in [0.05, 0.1) is 0 Å². The van der Waals surface area contributed by atoms with E-state index in [0.29, 0.717) is 0 Å².